The van der Waals surface area contributed by atoms with Gasteiger partial charge in [-0.1, -0.05) is 6.92 Å². The van der Waals surface area contributed by atoms with E-state index in [9.17, 15) is 0 Å². The number of aryl methyl sites for hydroxylation is 2. The third kappa shape index (κ3) is 2.11. The molecule has 0 saturated carbocycles. The van der Waals surface area contributed by atoms with Gasteiger partial charge in [0, 0.05) is 13.1 Å². The Hall–Kier alpha value is -0.350. The summed E-state index contributed by atoms with van der Waals surface area (Å²) in [6, 6.07) is 0. The van der Waals surface area contributed by atoms with Crippen molar-refractivity contribution >= 4 is 15.9 Å². The third-order valence-electron chi connectivity index (χ3n) is 2.04. The molecule has 13 heavy (non-hydrogen) atoms. The van der Waals surface area contributed by atoms with Gasteiger partial charge in [-0.3, -0.25) is 4.68 Å². The largest absolute Gasteiger partial charge is 0.314 e. The van der Waals surface area contributed by atoms with Crippen molar-refractivity contribution in [2.24, 2.45) is 0 Å². The Balaban J connectivity index is 3.05. The quantitative estimate of drug-likeness (QED) is 0.879. The molecule has 0 aliphatic heterocycles. The molecule has 4 heteroatoms. The lowest BCUT2D eigenvalue weighted by molar-refractivity contribution is 0.596. The topological polar surface area (TPSA) is 29.9 Å². The van der Waals surface area contributed by atoms with E-state index in [0.717, 1.165) is 29.7 Å². The summed E-state index contributed by atoms with van der Waals surface area (Å²) in [4.78, 5) is 0. The van der Waals surface area contributed by atoms with E-state index in [4.69, 9.17) is 0 Å². The maximum Gasteiger partial charge on any atom is 0.0767 e. The number of halogens is 1. The molecule has 0 aliphatic carbocycles. The van der Waals surface area contributed by atoms with Crippen molar-refractivity contribution in [2.75, 3.05) is 7.05 Å². The summed E-state index contributed by atoms with van der Waals surface area (Å²) in [6.07, 6.45) is 0.976. The predicted octanol–water partition coefficient (Wildman–Crippen LogP) is 1.95. The van der Waals surface area contributed by atoms with Gasteiger partial charge in [0.25, 0.3) is 0 Å². The molecule has 0 bridgehead atoms. The maximum absolute atomic E-state index is 4.50. The first kappa shape index (κ1) is 10.7. The molecule has 3 nitrogen and oxygen atoms in total. The molecule has 1 aromatic heterocycles. The van der Waals surface area contributed by atoms with E-state index in [1.54, 1.807) is 0 Å². The number of rotatable bonds is 4. The summed E-state index contributed by atoms with van der Waals surface area (Å²) in [5.41, 5.74) is 2.38. The minimum atomic E-state index is 0.863. The Bertz CT molecular complexity index is 281. The Morgan fingerprint density at radius 1 is 1.46 bits per heavy atom. The number of nitrogens with one attached hydrogen (secondary N) is 1. The van der Waals surface area contributed by atoms with Crippen LogP contribution in [-0.4, -0.2) is 16.8 Å². The molecule has 1 aromatic rings. The minimum absolute atomic E-state index is 0.863. The number of hydrogen-bond donors (Lipinski definition) is 1. The molecule has 0 unspecified atom stereocenters. The summed E-state index contributed by atoms with van der Waals surface area (Å²) >= 11 is 3.58. The molecule has 0 aromatic carbocycles. The van der Waals surface area contributed by atoms with Crippen LogP contribution in [0.5, 0.6) is 0 Å². The zero-order chi connectivity index (χ0) is 9.84. The van der Waals surface area contributed by atoms with E-state index in [2.05, 4.69) is 40.2 Å². The fraction of sp³-hybridized carbons (Fsp3) is 0.667. The second kappa shape index (κ2) is 4.77. The molecular weight excluding hydrogens is 230 g/mol. The van der Waals surface area contributed by atoms with Gasteiger partial charge in [0.05, 0.1) is 15.9 Å². The third-order valence-corrected chi connectivity index (χ3v) is 2.95. The van der Waals surface area contributed by atoms with E-state index >= 15 is 0 Å². The summed E-state index contributed by atoms with van der Waals surface area (Å²) in [5, 5.41) is 7.64. The lowest BCUT2D eigenvalue weighted by Gasteiger charge is -2.03. The molecule has 0 fully saturated rings. The Morgan fingerprint density at radius 3 is 2.62 bits per heavy atom. The van der Waals surface area contributed by atoms with Crippen LogP contribution >= 0.6 is 15.9 Å². The summed E-state index contributed by atoms with van der Waals surface area (Å²) in [6.45, 7) is 6.02. The van der Waals surface area contributed by atoms with Crippen LogP contribution < -0.4 is 5.32 Å². The predicted molar refractivity (Wildman–Crippen MR) is 57.7 cm³/mol. The first-order valence-corrected chi connectivity index (χ1v) is 5.42. The van der Waals surface area contributed by atoms with Crippen molar-refractivity contribution in [2.45, 2.75) is 33.4 Å². The van der Waals surface area contributed by atoms with Crippen LogP contribution in [0.4, 0.5) is 0 Å². The Morgan fingerprint density at radius 2 is 2.15 bits per heavy atom. The van der Waals surface area contributed by atoms with Crippen molar-refractivity contribution in [3.05, 3.63) is 15.9 Å². The fourth-order valence-corrected chi connectivity index (χ4v) is 2.06. The molecule has 0 radical (unpaired) electrons. The zero-order valence-electron chi connectivity index (χ0n) is 8.39. The molecule has 1 heterocycles. The molecule has 0 spiro atoms. The highest BCUT2D eigenvalue weighted by Crippen LogP contribution is 2.21. The summed E-state index contributed by atoms with van der Waals surface area (Å²) in [7, 11) is 1.95. The van der Waals surface area contributed by atoms with Gasteiger partial charge in [0.15, 0.2) is 0 Å². The number of nitrogens with zero attached hydrogens (tertiary/aromatic N) is 2. The van der Waals surface area contributed by atoms with Crippen LogP contribution in [0.25, 0.3) is 0 Å². The average Bonchev–Trinajstić information content (AvgIpc) is 2.45. The van der Waals surface area contributed by atoms with Crippen molar-refractivity contribution in [3.8, 4) is 0 Å². The molecule has 0 aliphatic rings. The van der Waals surface area contributed by atoms with Crippen LogP contribution in [-0.2, 0) is 19.5 Å². The first-order chi connectivity index (χ1) is 6.24. The van der Waals surface area contributed by atoms with Crippen molar-refractivity contribution in [1.29, 1.82) is 0 Å². The maximum atomic E-state index is 4.50. The average molecular weight is 246 g/mol. The lowest BCUT2D eigenvalue weighted by Crippen LogP contribution is -2.11. The van der Waals surface area contributed by atoms with Crippen LogP contribution in [0.1, 0.15) is 25.2 Å². The van der Waals surface area contributed by atoms with Crippen molar-refractivity contribution < 1.29 is 0 Å². The lowest BCUT2D eigenvalue weighted by atomic mass is 10.3. The normalized spacial score (nSPS) is 10.8. The van der Waals surface area contributed by atoms with Crippen LogP contribution in [0, 0.1) is 0 Å². The van der Waals surface area contributed by atoms with E-state index in [1.807, 2.05) is 11.7 Å². The van der Waals surface area contributed by atoms with Gasteiger partial charge in [0.2, 0.25) is 0 Å². The van der Waals surface area contributed by atoms with Gasteiger partial charge in [-0.25, -0.2) is 0 Å². The number of hydrogen-bond acceptors (Lipinski definition) is 2. The van der Waals surface area contributed by atoms with Gasteiger partial charge < -0.3 is 5.32 Å². The molecule has 1 N–H and O–H groups in total. The van der Waals surface area contributed by atoms with E-state index < -0.39 is 0 Å². The Labute approximate surface area is 87.6 Å². The van der Waals surface area contributed by atoms with Gasteiger partial charge in [-0.2, -0.15) is 5.10 Å². The van der Waals surface area contributed by atoms with Crippen LogP contribution in [0.3, 0.4) is 0 Å². The molecule has 0 atom stereocenters. The SMILES string of the molecule is CCc1nn(CC)c(CNC)c1Br. The van der Waals surface area contributed by atoms with E-state index in [-0.39, 0.29) is 0 Å². The monoisotopic (exact) mass is 245 g/mol. The van der Waals surface area contributed by atoms with Crippen LogP contribution in [0.15, 0.2) is 4.47 Å². The van der Waals surface area contributed by atoms with E-state index in [1.165, 1.54) is 5.69 Å². The molecule has 1 rings (SSSR count). The molecular formula is C9H16BrN3. The van der Waals surface area contributed by atoms with Crippen molar-refractivity contribution in [1.82, 2.24) is 15.1 Å². The highest BCUT2D eigenvalue weighted by atomic mass is 79.9. The minimum Gasteiger partial charge on any atom is -0.314 e. The van der Waals surface area contributed by atoms with Gasteiger partial charge in [-0.05, 0) is 36.3 Å². The fourth-order valence-electron chi connectivity index (χ4n) is 1.35. The smallest absolute Gasteiger partial charge is 0.0767 e. The Kier molecular flexibility index (Phi) is 3.93. The molecule has 74 valence electrons. The van der Waals surface area contributed by atoms with Crippen LogP contribution in [0.2, 0.25) is 0 Å². The summed E-state index contributed by atoms with van der Waals surface area (Å²) in [5.74, 6) is 0. The van der Waals surface area contributed by atoms with Crippen molar-refractivity contribution in [3.63, 3.8) is 0 Å². The molecule has 0 amide bonds. The second-order valence-corrected chi connectivity index (χ2v) is 3.70. The molecule has 0 saturated heterocycles. The van der Waals surface area contributed by atoms with E-state index in [0.29, 0.717) is 0 Å². The highest BCUT2D eigenvalue weighted by Gasteiger charge is 2.12. The van der Waals surface area contributed by atoms with Gasteiger partial charge in [0.1, 0.15) is 0 Å². The second-order valence-electron chi connectivity index (χ2n) is 2.91. The standard InChI is InChI=1S/C9H16BrN3/c1-4-7-9(10)8(6-11-3)13(5-2)12-7/h11H,4-6H2,1-3H3. The first-order valence-electron chi connectivity index (χ1n) is 4.63. The highest BCUT2D eigenvalue weighted by molar-refractivity contribution is 9.10. The van der Waals surface area contributed by atoms with Gasteiger partial charge >= 0.3 is 0 Å². The number of aromatic nitrogens is 2. The summed E-state index contributed by atoms with van der Waals surface area (Å²) < 4.78 is 3.20. The van der Waals surface area contributed by atoms with Gasteiger partial charge in [-0.15, -0.1) is 0 Å². The zero-order valence-corrected chi connectivity index (χ0v) is 9.98.